The highest BCUT2D eigenvalue weighted by atomic mass is 32.2. The summed E-state index contributed by atoms with van der Waals surface area (Å²) < 4.78 is 35.2. The van der Waals surface area contributed by atoms with Crippen LogP contribution >= 0.6 is 0 Å². The minimum Gasteiger partial charge on any atom is -0.490 e. The molecule has 32 heavy (non-hydrogen) atoms. The van der Waals surface area contributed by atoms with Crippen LogP contribution in [0.3, 0.4) is 0 Å². The lowest BCUT2D eigenvalue weighted by Gasteiger charge is -2.28. The van der Waals surface area contributed by atoms with Crippen molar-refractivity contribution in [2.24, 2.45) is 10.1 Å². The fourth-order valence-corrected chi connectivity index (χ4v) is 4.53. The number of pyridine rings is 1. The van der Waals surface area contributed by atoms with Crippen LogP contribution in [0.4, 0.5) is 11.5 Å². The maximum atomic E-state index is 12.9. The Hall–Kier alpha value is -3.34. The number of nitrogens with zero attached hydrogens (tertiary/aromatic N) is 3. The Balaban J connectivity index is 1.45. The van der Waals surface area contributed by atoms with Gasteiger partial charge in [0.05, 0.1) is 16.8 Å². The highest BCUT2D eigenvalue weighted by molar-refractivity contribution is 7.91. The van der Waals surface area contributed by atoms with Gasteiger partial charge in [0.25, 0.3) is 5.91 Å². The van der Waals surface area contributed by atoms with E-state index in [0.29, 0.717) is 22.6 Å². The van der Waals surface area contributed by atoms with Crippen LogP contribution in [0.15, 0.2) is 40.9 Å². The van der Waals surface area contributed by atoms with Crippen molar-refractivity contribution in [2.45, 2.75) is 32.2 Å². The van der Waals surface area contributed by atoms with Crippen molar-refractivity contribution in [1.82, 2.24) is 10.3 Å². The number of amidine groups is 1. The Labute approximate surface area is 187 Å². The van der Waals surface area contributed by atoms with Gasteiger partial charge < -0.3 is 20.7 Å². The van der Waals surface area contributed by atoms with E-state index in [1.165, 1.54) is 0 Å². The lowest BCUT2D eigenvalue weighted by atomic mass is 10.1. The van der Waals surface area contributed by atoms with E-state index in [1.54, 1.807) is 36.5 Å². The summed E-state index contributed by atoms with van der Waals surface area (Å²) in [4.78, 5) is 19.4. The molecule has 0 atom stereocenters. The van der Waals surface area contributed by atoms with Gasteiger partial charge >= 0.3 is 10.2 Å². The van der Waals surface area contributed by atoms with Crippen molar-refractivity contribution in [2.75, 3.05) is 29.3 Å². The number of rotatable bonds is 6. The van der Waals surface area contributed by atoms with Gasteiger partial charge in [0.15, 0.2) is 5.84 Å². The smallest absolute Gasteiger partial charge is 0.344 e. The van der Waals surface area contributed by atoms with E-state index in [4.69, 9.17) is 10.5 Å². The number of benzene rings is 1. The monoisotopic (exact) mass is 458 g/mol. The minimum atomic E-state index is -3.87. The summed E-state index contributed by atoms with van der Waals surface area (Å²) in [6, 6.07) is 8.38. The average molecular weight is 459 g/mol. The molecule has 4 rings (SSSR count). The number of hydrogen-bond acceptors (Lipinski definition) is 7. The van der Waals surface area contributed by atoms with Crippen LogP contribution in [0.1, 0.15) is 42.6 Å². The number of carbonyl (C=O) groups is 1. The van der Waals surface area contributed by atoms with E-state index in [1.807, 2.05) is 13.8 Å². The van der Waals surface area contributed by atoms with Crippen LogP contribution in [0, 0.1) is 0 Å². The molecule has 0 radical (unpaired) electrons. The number of nitrogens with one attached hydrogen (secondary N) is 2. The molecule has 0 bridgehead atoms. The molecule has 0 aliphatic carbocycles. The Morgan fingerprint density at radius 3 is 2.78 bits per heavy atom. The zero-order valence-corrected chi connectivity index (χ0v) is 18.8. The third kappa shape index (κ3) is 4.77. The maximum Gasteiger partial charge on any atom is 0.344 e. The first kappa shape index (κ1) is 21.9. The molecule has 1 fully saturated rings. The van der Waals surface area contributed by atoms with Crippen LogP contribution < -0.4 is 25.4 Å². The van der Waals surface area contributed by atoms with Crippen LogP contribution in [-0.4, -0.2) is 50.4 Å². The summed E-state index contributed by atoms with van der Waals surface area (Å²) >= 11 is 0. The van der Waals surface area contributed by atoms with Gasteiger partial charge in [0, 0.05) is 24.8 Å². The number of aromatic nitrogens is 1. The zero-order chi connectivity index (χ0) is 22.9. The molecule has 0 spiro atoms. The molecule has 10 nitrogen and oxygen atoms in total. The Kier molecular flexibility index (Phi) is 5.68. The van der Waals surface area contributed by atoms with E-state index in [0.717, 1.165) is 31.7 Å². The molecule has 0 unspecified atom stereocenters. The highest BCUT2D eigenvalue weighted by Crippen LogP contribution is 2.31. The van der Waals surface area contributed by atoms with E-state index < -0.39 is 15.7 Å². The summed E-state index contributed by atoms with van der Waals surface area (Å²) in [5.74, 6) is 0.791. The van der Waals surface area contributed by atoms with E-state index in [2.05, 4.69) is 24.3 Å². The molecule has 4 N–H and O–H groups in total. The Morgan fingerprint density at radius 2 is 2.03 bits per heavy atom. The number of fused-ring (bicyclic) bond motifs is 1. The number of nitrogens with two attached hydrogens (primary N) is 1. The van der Waals surface area contributed by atoms with Crippen molar-refractivity contribution in [3.8, 4) is 5.75 Å². The molecule has 1 amide bonds. The molecule has 1 saturated heterocycles. The average Bonchev–Trinajstić information content (AvgIpc) is 3.26. The van der Waals surface area contributed by atoms with Gasteiger partial charge in [0.1, 0.15) is 18.2 Å². The van der Waals surface area contributed by atoms with Crippen molar-refractivity contribution >= 4 is 33.5 Å². The molecule has 0 saturated carbocycles. The number of carbonyl (C=O) groups excluding carboxylic acids is 1. The van der Waals surface area contributed by atoms with E-state index >= 15 is 0 Å². The maximum absolute atomic E-state index is 12.9. The molecular formula is C21H26N6O4S. The molecule has 1 aromatic heterocycles. The van der Waals surface area contributed by atoms with Gasteiger partial charge in [-0.1, -0.05) is 6.07 Å². The molecule has 170 valence electrons. The number of anilines is 2. The predicted molar refractivity (Wildman–Crippen MR) is 122 cm³/mol. The van der Waals surface area contributed by atoms with E-state index in [9.17, 15) is 13.2 Å². The Morgan fingerprint density at radius 1 is 1.28 bits per heavy atom. The summed E-state index contributed by atoms with van der Waals surface area (Å²) in [5.41, 5.74) is 6.32. The van der Waals surface area contributed by atoms with Crippen molar-refractivity contribution < 1.29 is 17.9 Å². The quantitative estimate of drug-likeness (QED) is 0.598. The molecular weight excluding hydrogens is 432 g/mol. The van der Waals surface area contributed by atoms with Gasteiger partial charge in [-0.2, -0.15) is 8.42 Å². The largest absolute Gasteiger partial charge is 0.490 e. The van der Waals surface area contributed by atoms with Gasteiger partial charge in [-0.25, -0.2) is 4.98 Å². The zero-order valence-electron chi connectivity index (χ0n) is 18.0. The van der Waals surface area contributed by atoms with Crippen molar-refractivity contribution in [1.29, 1.82) is 0 Å². The van der Waals surface area contributed by atoms with Crippen LogP contribution in [0.2, 0.25) is 0 Å². The van der Waals surface area contributed by atoms with Crippen LogP contribution in [0.5, 0.6) is 5.75 Å². The van der Waals surface area contributed by atoms with Crippen molar-refractivity contribution in [3.05, 3.63) is 47.7 Å². The summed E-state index contributed by atoms with van der Waals surface area (Å²) in [6.45, 7) is 5.69. The summed E-state index contributed by atoms with van der Waals surface area (Å²) in [5, 5.41) is 2.98. The predicted octanol–water partition coefficient (Wildman–Crippen LogP) is 1.64. The topological polar surface area (TPSA) is 139 Å². The number of hydrogen-bond donors (Lipinski definition) is 3. The van der Waals surface area contributed by atoms with E-state index in [-0.39, 0.29) is 18.3 Å². The standard InChI is InChI=1S/C21H26N6O4S/c1-21(2,24-20(28)14-8-9-23-17(12-14)27-10-3-4-11-27)13-31-16-7-5-6-15-18(16)19(22)26-32(29,30)25-15/h5-9,12,25H,3-4,10-11,13H2,1-2H3,(H2,22,26)(H,24,28). The number of ether oxygens (including phenoxy) is 1. The number of amides is 1. The Bertz CT molecular complexity index is 1170. The third-order valence-corrected chi connectivity index (χ3v) is 6.13. The summed E-state index contributed by atoms with van der Waals surface area (Å²) in [6.07, 6.45) is 3.90. The molecule has 2 aromatic rings. The molecule has 2 aliphatic heterocycles. The fraction of sp³-hybridized carbons (Fsp3) is 0.381. The molecule has 3 heterocycles. The second-order valence-electron chi connectivity index (χ2n) is 8.46. The van der Waals surface area contributed by atoms with Crippen LogP contribution in [0.25, 0.3) is 0 Å². The van der Waals surface area contributed by atoms with Gasteiger partial charge in [0.2, 0.25) is 0 Å². The SMILES string of the molecule is CC(C)(COc1cccc2c1C(N)=NS(=O)(=O)N2)NC(=O)c1ccnc(N2CCCC2)c1. The minimum absolute atomic E-state index is 0.124. The lowest BCUT2D eigenvalue weighted by Crippen LogP contribution is -2.48. The van der Waals surface area contributed by atoms with Crippen molar-refractivity contribution in [3.63, 3.8) is 0 Å². The second kappa shape index (κ2) is 8.30. The van der Waals surface area contributed by atoms with Gasteiger partial charge in [-0.15, -0.1) is 4.40 Å². The second-order valence-corrected chi connectivity index (χ2v) is 9.79. The van der Waals surface area contributed by atoms with Crippen LogP contribution in [-0.2, 0) is 10.2 Å². The van der Waals surface area contributed by atoms with Gasteiger partial charge in [-0.3, -0.25) is 9.52 Å². The fourth-order valence-electron chi connectivity index (χ4n) is 3.69. The summed E-state index contributed by atoms with van der Waals surface area (Å²) in [7, 11) is -3.87. The molecule has 1 aromatic carbocycles. The normalized spacial score (nSPS) is 17.2. The third-order valence-electron chi connectivity index (χ3n) is 5.22. The lowest BCUT2D eigenvalue weighted by molar-refractivity contribution is 0.0880. The molecule has 11 heteroatoms. The first-order valence-electron chi connectivity index (χ1n) is 10.3. The highest BCUT2D eigenvalue weighted by Gasteiger charge is 2.27. The molecule has 2 aliphatic rings. The van der Waals surface area contributed by atoms with Gasteiger partial charge in [-0.05, 0) is 51.0 Å². The first-order chi connectivity index (χ1) is 15.1. The first-order valence-corrected chi connectivity index (χ1v) is 11.8.